The molecule has 2 aromatic carbocycles. The van der Waals surface area contributed by atoms with E-state index in [4.69, 9.17) is 20.7 Å². The number of hydrogen-bond donors (Lipinski definition) is 2. The second kappa shape index (κ2) is 10.4. The van der Waals surface area contributed by atoms with Gasteiger partial charge in [0.2, 0.25) is 0 Å². The van der Waals surface area contributed by atoms with E-state index in [2.05, 4.69) is 0 Å². The number of ether oxygens (including phenoxy) is 2. The summed E-state index contributed by atoms with van der Waals surface area (Å²) in [6, 6.07) is 6.62. The van der Waals surface area contributed by atoms with Gasteiger partial charge in [-0.05, 0) is 0 Å². The summed E-state index contributed by atoms with van der Waals surface area (Å²) in [5.74, 6) is -1.05. The van der Waals surface area contributed by atoms with Crippen molar-refractivity contribution in [3.63, 3.8) is 0 Å². The quantitative estimate of drug-likeness (QED) is 0.295. The van der Waals surface area contributed by atoms with Crippen LogP contribution in [0.5, 0.6) is 0 Å². The molecular formula is C32H48ClO6P. The van der Waals surface area contributed by atoms with Crippen molar-refractivity contribution < 1.29 is 28.8 Å². The number of methoxy groups -OCH3 is 2. The third-order valence-corrected chi connectivity index (χ3v) is 10.6. The van der Waals surface area contributed by atoms with Crippen molar-refractivity contribution in [3.05, 3.63) is 57.6 Å². The van der Waals surface area contributed by atoms with E-state index in [-0.39, 0.29) is 10.6 Å². The van der Waals surface area contributed by atoms with Crippen LogP contribution >= 0.6 is 17.7 Å². The summed E-state index contributed by atoms with van der Waals surface area (Å²) >= 11 is 7.43. The van der Waals surface area contributed by atoms with Crippen LogP contribution in [0.4, 0.5) is 0 Å². The minimum absolute atomic E-state index is 0.210. The zero-order valence-corrected chi connectivity index (χ0v) is 28.3. The topological polar surface area (TPSA) is 93.1 Å². The molecular weight excluding hydrogens is 547 g/mol. The first-order valence-corrected chi connectivity index (χ1v) is 16.5. The zero-order valence-electron chi connectivity index (χ0n) is 26.7. The number of hydrogen-bond acceptors (Lipinski definition) is 6. The fourth-order valence-corrected chi connectivity index (χ4v) is 9.62. The molecule has 0 saturated heterocycles. The molecule has 0 aliphatic rings. The number of carbonyl (C=O) groups is 2. The van der Waals surface area contributed by atoms with Gasteiger partial charge in [-0.1, -0.05) is 0 Å². The molecule has 2 aromatic rings. The molecule has 40 heavy (non-hydrogen) atoms. The molecule has 0 amide bonds. The van der Waals surface area contributed by atoms with Crippen LogP contribution in [0.25, 0.3) is 0 Å². The van der Waals surface area contributed by atoms with Crippen molar-refractivity contribution in [3.8, 4) is 0 Å². The van der Waals surface area contributed by atoms with Gasteiger partial charge in [0.25, 0.3) is 0 Å². The number of halogens is 1. The summed E-state index contributed by atoms with van der Waals surface area (Å²) in [5, 5.41) is 0.421. The van der Waals surface area contributed by atoms with Gasteiger partial charge in [0.15, 0.2) is 0 Å². The van der Waals surface area contributed by atoms with Gasteiger partial charge in [0.1, 0.15) is 0 Å². The molecule has 224 valence electrons. The SMILES string of the molecule is COC(=O)c1cc(C(C)(C)C)c(P(O)(O)(Cl)c2c(C(C)(C)C)cc(C(=O)OC)cc2C(C)(C)C)c(C(C)(C)C)c1. The Balaban J connectivity index is 3.41. The second-order valence-corrected chi connectivity index (χ2v) is 19.4. The predicted molar refractivity (Wildman–Crippen MR) is 167 cm³/mol. The molecule has 0 radical (unpaired) electrons. The van der Waals surface area contributed by atoms with Crippen molar-refractivity contribution in [2.24, 2.45) is 0 Å². The summed E-state index contributed by atoms with van der Waals surface area (Å²) in [6.45, 7) is 23.3. The van der Waals surface area contributed by atoms with E-state index in [0.29, 0.717) is 33.4 Å². The van der Waals surface area contributed by atoms with Gasteiger partial charge in [-0.3, -0.25) is 0 Å². The molecule has 0 unspecified atom stereocenters. The van der Waals surface area contributed by atoms with E-state index in [9.17, 15) is 19.4 Å². The summed E-state index contributed by atoms with van der Waals surface area (Å²) in [6.07, 6.45) is -5.56. The summed E-state index contributed by atoms with van der Waals surface area (Å²) in [5.41, 5.74) is 0.193. The van der Waals surface area contributed by atoms with E-state index in [0.717, 1.165) is 0 Å². The van der Waals surface area contributed by atoms with Gasteiger partial charge in [-0.25, -0.2) is 0 Å². The zero-order chi connectivity index (χ0) is 31.5. The summed E-state index contributed by atoms with van der Waals surface area (Å²) < 4.78 is 10.1. The van der Waals surface area contributed by atoms with Gasteiger partial charge in [-0.15, -0.1) is 0 Å². The number of rotatable bonds is 4. The van der Waals surface area contributed by atoms with Crippen LogP contribution in [-0.2, 0) is 31.1 Å². The third kappa shape index (κ3) is 6.57. The summed E-state index contributed by atoms with van der Waals surface area (Å²) in [7, 11) is 2.63. The Hall–Kier alpha value is -1.98. The van der Waals surface area contributed by atoms with Gasteiger partial charge in [-0.2, -0.15) is 0 Å². The molecule has 8 heteroatoms. The molecule has 0 aliphatic carbocycles. The molecule has 0 saturated carbocycles. The first-order chi connectivity index (χ1) is 17.7. The molecule has 0 bridgehead atoms. The predicted octanol–water partition coefficient (Wildman–Crippen LogP) is 6.92. The number of carbonyl (C=O) groups excluding carboxylic acids is 2. The van der Waals surface area contributed by atoms with Crippen molar-refractivity contribution in [2.45, 2.75) is 105 Å². The molecule has 0 spiro atoms. The Labute approximate surface area is 245 Å². The molecule has 0 aromatic heterocycles. The maximum absolute atomic E-state index is 12.9. The molecule has 0 aliphatic heterocycles. The van der Waals surface area contributed by atoms with Gasteiger partial charge < -0.3 is 0 Å². The average molecular weight is 595 g/mol. The van der Waals surface area contributed by atoms with Gasteiger partial charge in [0, 0.05) is 0 Å². The monoisotopic (exact) mass is 594 g/mol. The maximum atomic E-state index is 12.9. The normalized spacial score (nSPS) is 14.4. The number of benzene rings is 2. The first-order valence-electron chi connectivity index (χ1n) is 13.5. The Bertz CT molecular complexity index is 1150. The molecule has 0 heterocycles. The van der Waals surface area contributed by atoms with E-state index in [1.807, 2.05) is 83.1 Å². The second-order valence-electron chi connectivity index (χ2n) is 14.7. The molecule has 2 N–H and O–H groups in total. The van der Waals surface area contributed by atoms with Crippen LogP contribution in [0.2, 0.25) is 0 Å². The van der Waals surface area contributed by atoms with Crippen LogP contribution in [0.15, 0.2) is 24.3 Å². The third-order valence-electron chi connectivity index (χ3n) is 7.09. The Morgan fingerprint density at radius 1 is 0.575 bits per heavy atom. The van der Waals surface area contributed by atoms with Crippen molar-refractivity contribution >= 4 is 40.2 Å². The molecule has 0 fully saturated rings. The fourth-order valence-electron chi connectivity index (χ4n) is 4.99. The van der Waals surface area contributed by atoms with E-state index in [1.165, 1.54) is 14.2 Å². The van der Waals surface area contributed by atoms with Gasteiger partial charge in [0.05, 0.1) is 0 Å². The number of esters is 2. The average Bonchev–Trinajstić information content (AvgIpc) is 2.78. The van der Waals surface area contributed by atoms with Crippen LogP contribution in [-0.4, -0.2) is 35.9 Å². The molecule has 0 atom stereocenters. The van der Waals surface area contributed by atoms with E-state index < -0.39 is 40.0 Å². The fraction of sp³-hybridized carbons (Fsp3) is 0.562. The molecule has 6 nitrogen and oxygen atoms in total. The van der Waals surface area contributed by atoms with Crippen LogP contribution in [0.3, 0.4) is 0 Å². The van der Waals surface area contributed by atoms with Crippen molar-refractivity contribution in [1.82, 2.24) is 0 Å². The van der Waals surface area contributed by atoms with Crippen LogP contribution in [0, 0.1) is 0 Å². The first kappa shape index (κ1) is 34.2. The van der Waals surface area contributed by atoms with E-state index in [1.54, 1.807) is 24.3 Å². The summed E-state index contributed by atoms with van der Waals surface area (Å²) in [4.78, 5) is 51.3. The Morgan fingerprint density at radius 2 is 0.775 bits per heavy atom. The van der Waals surface area contributed by atoms with Crippen molar-refractivity contribution in [2.75, 3.05) is 14.2 Å². The van der Waals surface area contributed by atoms with Crippen LogP contribution < -0.4 is 10.6 Å². The Kier molecular flexibility index (Phi) is 8.88. The van der Waals surface area contributed by atoms with Crippen LogP contribution in [0.1, 0.15) is 126 Å². The van der Waals surface area contributed by atoms with Crippen molar-refractivity contribution in [1.29, 1.82) is 0 Å². The molecule has 2 rings (SSSR count). The van der Waals surface area contributed by atoms with Gasteiger partial charge >= 0.3 is 246 Å². The standard InChI is InChI=1S/C32H48ClO6P/c1-29(2,3)21-15-19(27(34)38-13)16-22(30(4,5)6)25(21)40(33,36,37)26-23(31(7,8)9)17-20(28(35)39-14)18-24(26)32(10,11)12/h15-18,36-37H,1-14H3. The minimum atomic E-state index is -5.56. The Morgan fingerprint density at radius 3 is 0.925 bits per heavy atom. The van der Waals surface area contributed by atoms with E-state index >= 15 is 0 Å².